The smallest absolute Gasteiger partial charge is 0.319 e. The van der Waals surface area contributed by atoms with E-state index in [-0.39, 0.29) is 17.7 Å². The molecule has 2 aliphatic rings. The third-order valence-corrected chi connectivity index (χ3v) is 5.06. The van der Waals surface area contributed by atoms with Crippen LogP contribution in [0.4, 0.5) is 4.79 Å². The first-order valence-corrected chi connectivity index (χ1v) is 8.88. The van der Waals surface area contributed by atoms with Crippen molar-refractivity contribution in [1.82, 2.24) is 14.7 Å². The summed E-state index contributed by atoms with van der Waals surface area (Å²) >= 11 is 0. The van der Waals surface area contributed by atoms with Gasteiger partial charge in [-0.25, -0.2) is 4.79 Å². The summed E-state index contributed by atoms with van der Waals surface area (Å²) < 4.78 is 6.38. The zero-order chi connectivity index (χ0) is 17.2. The van der Waals surface area contributed by atoms with Crippen molar-refractivity contribution in [1.29, 1.82) is 0 Å². The quantitative estimate of drug-likeness (QED) is 0.835. The summed E-state index contributed by atoms with van der Waals surface area (Å²) in [6, 6.07) is 10.7. The molecule has 2 heterocycles. The van der Waals surface area contributed by atoms with Crippen LogP contribution < -0.4 is 0 Å². The number of amides is 2. The van der Waals surface area contributed by atoms with E-state index in [0.29, 0.717) is 0 Å². The lowest BCUT2D eigenvalue weighted by Gasteiger charge is -2.49. The molecule has 1 aromatic rings. The predicted molar refractivity (Wildman–Crippen MR) is 94.9 cm³/mol. The summed E-state index contributed by atoms with van der Waals surface area (Å²) in [6.07, 6.45) is 2.07. The lowest BCUT2D eigenvalue weighted by molar-refractivity contribution is -0.169. The van der Waals surface area contributed by atoms with E-state index in [2.05, 4.69) is 42.2 Å². The maximum atomic E-state index is 12.1. The monoisotopic (exact) mass is 331 g/mol. The third-order valence-electron chi connectivity index (χ3n) is 5.06. The standard InChI is InChI=1S/C19H29N3O2/c1-16-13-21(14-17-7-5-4-6-8-17)15-19(24-16)9-11-22(12-10-19)18(23)20(2)3/h4-8,16H,9-15H2,1-3H3/t16-/m0/s1. The average molecular weight is 331 g/mol. The molecule has 0 radical (unpaired) electrons. The van der Waals surface area contributed by atoms with E-state index >= 15 is 0 Å². The maximum absolute atomic E-state index is 12.1. The molecule has 0 saturated carbocycles. The Kier molecular flexibility index (Phi) is 5.11. The van der Waals surface area contributed by atoms with Gasteiger partial charge in [0.2, 0.25) is 0 Å². The van der Waals surface area contributed by atoms with Gasteiger partial charge in [-0.3, -0.25) is 4.90 Å². The Morgan fingerprint density at radius 3 is 2.54 bits per heavy atom. The van der Waals surface area contributed by atoms with Gasteiger partial charge in [-0.2, -0.15) is 0 Å². The number of carbonyl (C=O) groups is 1. The number of ether oxygens (including phenoxy) is 1. The van der Waals surface area contributed by atoms with Crippen molar-refractivity contribution in [2.45, 2.75) is 38.0 Å². The molecule has 0 aromatic heterocycles. The van der Waals surface area contributed by atoms with Crippen LogP contribution in [0.1, 0.15) is 25.3 Å². The van der Waals surface area contributed by atoms with E-state index in [4.69, 9.17) is 4.74 Å². The van der Waals surface area contributed by atoms with Gasteiger partial charge in [-0.15, -0.1) is 0 Å². The lowest BCUT2D eigenvalue weighted by atomic mass is 9.88. The largest absolute Gasteiger partial charge is 0.369 e. The maximum Gasteiger partial charge on any atom is 0.319 e. The number of rotatable bonds is 2. The zero-order valence-corrected chi connectivity index (χ0v) is 15.1. The van der Waals surface area contributed by atoms with Gasteiger partial charge in [-0.05, 0) is 25.3 Å². The van der Waals surface area contributed by atoms with Crippen molar-refractivity contribution in [2.24, 2.45) is 0 Å². The van der Waals surface area contributed by atoms with Crippen molar-refractivity contribution in [3.63, 3.8) is 0 Å². The molecule has 5 heteroatoms. The van der Waals surface area contributed by atoms with Crippen molar-refractivity contribution in [3.05, 3.63) is 35.9 Å². The summed E-state index contributed by atoms with van der Waals surface area (Å²) in [4.78, 5) is 18.2. The van der Waals surface area contributed by atoms with Gasteiger partial charge < -0.3 is 14.5 Å². The minimum absolute atomic E-state index is 0.102. The van der Waals surface area contributed by atoms with Crippen LogP contribution >= 0.6 is 0 Å². The highest BCUT2D eigenvalue weighted by Gasteiger charge is 2.42. The summed E-state index contributed by atoms with van der Waals surface area (Å²) in [5, 5.41) is 0. The molecule has 132 valence electrons. The van der Waals surface area contributed by atoms with Crippen LogP contribution in [0.2, 0.25) is 0 Å². The summed E-state index contributed by atoms with van der Waals surface area (Å²) in [5.74, 6) is 0. The molecule has 2 saturated heterocycles. The van der Waals surface area contributed by atoms with Gasteiger partial charge in [0.05, 0.1) is 11.7 Å². The van der Waals surface area contributed by atoms with Crippen LogP contribution in [-0.2, 0) is 11.3 Å². The van der Waals surface area contributed by atoms with Crippen LogP contribution in [0.3, 0.4) is 0 Å². The molecule has 24 heavy (non-hydrogen) atoms. The molecular formula is C19H29N3O2. The summed E-state index contributed by atoms with van der Waals surface area (Å²) in [7, 11) is 3.63. The average Bonchev–Trinajstić information content (AvgIpc) is 2.55. The highest BCUT2D eigenvalue weighted by atomic mass is 16.5. The van der Waals surface area contributed by atoms with Gasteiger partial charge >= 0.3 is 6.03 Å². The van der Waals surface area contributed by atoms with Crippen LogP contribution in [0.15, 0.2) is 30.3 Å². The number of likely N-dealkylation sites (tertiary alicyclic amines) is 1. The molecule has 0 aliphatic carbocycles. The highest BCUT2D eigenvalue weighted by molar-refractivity contribution is 5.73. The van der Waals surface area contributed by atoms with Crippen LogP contribution in [0.5, 0.6) is 0 Å². The van der Waals surface area contributed by atoms with Gasteiger partial charge in [0.1, 0.15) is 0 Å². The number of hydrogen-bond acceptors (Lipinski definition) is 3. The van der Waals surface area contributed by atoms with E-state index in [1.54, 1.807) is 4.90 Å². The number of urea groups is 1. The van der Waals surface area contributed by atoms with Gasteiger partial charge in [-0.1, -0.05) is 30.3 Å². The minimum Gasteiger partial charge on any atom is -0.369 e. The van der Waals surface area contributed by atoms with E-state index in [1.165, 1.54) is 5.56 Å². The SMILES string of the molecule is C[C@H]1CN(Cc2ccccc2)CC2(CCN(C(=O)N(C)C)CC2)O1. The van der Waals surface area contributed by atoms with Crippen molar-refractivity contribution in [2.75, 3.05) is 40.3 Å². The number of nitrogens with zero attached hydrogens (tertiary/aromatic N) is 3. The molecule has 5 nitrogen and oxygen atoms in total. The molecule has 1 atom stereocenters. The molecule has 0 N–H and O–H groups in total. The number of carbonyl (C=O) groups excluding carboxylic acids is 1. The first-order valence-electron chi connectivity index (χ1n) is 8.88. The Balaban J connectivity index is 1.62. The van der Waals surface area contributed by atoms with Crippen molar-refractivity contribution >= 4 is 6.03 Å². The second-order valence-electron chi connectivity index (χ2n) is 7.43. The molecule has 3 rings (SSSR count). The molecular weight excluding hydrogens is 302 g/mol. The molecule has 2 fully saturated rings. The minimum atomic E-state index is -0.102. The zero-order valence-electron chi connectivity index (χ0n) is 15.1. The molecule has 2 amide bonds. The topological polar surface area (TPSA) is 36.0 Å². The molecule has 0 unspecified atom stereocenters. The Morgan fingerprint density at radius 1 is 1.25 bits per heavy atom. The Bertz CT molecular complexity index is 553. The van der Waals surface area contributed by atoms with Gasteiger partial charge in [0, 0.05) is 46.8 Å². The van der Waals surface area contributed by atoms with Crippen LogP contribution in [-0.4, -0.2) is 72.7 Å². The number of morpholine rings is 1. The third kappa shape index (κ3) is 3.90. The number of hydrogen-bond donors (Lipinski definition) is 0. The molecule has 1 aromatic carbocycles. The molecule has 1 spiro atoms. The van der Waals surface area contributed by atoms with E-state index in [0.717, 1.165) is 45.6 Å². The van der Waals surface area contributed by atoms with Crippen molar-refractivity contribution < 1.29 is 9.53 Å². The van der Waals surface area contributed by atoms with Crippen LogP contribution in [0.25, 0.3) is 0 Å². The highest BCUT2D eigenvalue weighted by Crippen LogP contribution is 2.33. The van der Waals surface area contributed by atoms with E-state index in [9.17, 15) is 4.79 Å². The number of piperidine rings is 1. The van der Waals surface area contributed by atoms with Crippen LogP contribution in [0, 0.1) is 0 Å². The van der Waals surface area contributed by atoms with Gasteiger partial charge in [0.25, 0.3) is 0 Å². The predicted octanol–water partition coefficient (Wildman–Crippen LogP) is 2.42. The summed E-state index contributed by atoms with van der Waals surface area (Å²) in [6.45, 7) is 6.62. The molecule has 0 bridgehead atoms. The number of benzene rings is 1. The fourth-order valence-electron chi connectivity index (χ4n) is 3.96. The normalized spacial score (nSPS) is 24.1. The first-order chi connectivity index (χ1) is 11.5. The van der Waals surface area contributed by atoms with E-state index in [1.807, 2.05) is 19.0 Å². The Morgan fingerprint density at radius 2 is 1.92 bits per heavy atom. The fourth-order valence-corrected chi connectivity index (χ4v) is 3.96. The van der Waals surface area contributed by atoms with Gasteiger partial charge in [0.15, 0.2) is 0 Å². The Labute approximate surface area is 145 Å². The molecule has 2 aliphatic heterocycles. The first kappa shape index (κ1) is 17.2. The lowest BCUT2D eigenvalue weighted by Crippen LogP contribution is -2.59. The Hall–Kier alpha value is -1.59. The second-order valence-corrected chi connectivity index (χ2v) is 7.43. The summed E-state index contributed by atoms with van der Waals surface area (Å²) in [5.41, 5.74) is 1.25. The van der Waals surface area contributed by atoms with E-state index < -0.39 is 0 Å². The van der Waals surface area contributed by atoms with Crippen molar-refractivity contribution in [3.8, 4) is 0 Å². The second kappa shape index (κ2) is 7.11. The fraction of sp³-hybridized carbons (Fsp3) is 0.632.